The highest BCUT2D eigenvalue weighted by Gasteiger charge is 2.24. The molecule has 0 unspecified atom stereocenters. The van der Waals surface area contributed by atoms with Gasteiger partial charge in [-0.3, -0.25) is 4.79 Å². The van der Waals surface area contributed by atoms with Crippen LogP contribution in [0.3, 0.4) is 0 Å². The van der Waals surface area contributed by atoms with Gasteiger partial charge in [-0.05, 0) is 11.8 Å². The molecule has 0 aliphatic heterocycles. The van der Waals surface area contributed by atoms with E-state index in [1.165, 1.54) is 18.9 Å². The number of carbonyl (C=O) groups is 2. The van der Waals surface area contributed by atoms with Crippen LogP contribution in [-0.4, -0.2) is 46.9 Å². The molecule has 0 fully saturated rings. The molecule has 0 saturated heterocycles. The summed E-state index contributed by atoms with van der Waals surface area (Å²) in [6.07, 6.45) is 1.85. The third-order valence-electron chi connectivity index (χ3n) is 3.55. The maximum Gasteiger partial charge on any atom is 0.342 e. The summed E-state index contributed by atoms with van der Waals surface area (Å²) in [5.41, 5.74) is 0.749. The van der Waals surface area contributed by atoms with E-state index in [4.69, 9.17) is 11.6 Å². The lowest BCUT2D eigenvalue weighted by Crippen LogP contribution is -2.29. The van der Waals surface area contributed by atoms with E-state index in [1.807, 2.05) is 30.3 Å². The molecule has 0 saturated carbocycles. The molecule has 2 rings (SSSR count). The fourth-order valence-corrected chi connectivity index (χ4v) is 2.96. The van der Waals surface area contributed by atoms with Crippen molar-refractivity contribution in [2.24, 2.45) is 0 Å². The van der Waals surface area contributed by atoms with E-state index in [0.717, 1.165) is 5.56 Å². The molecular weight excluding hydrogens is 378 g/mol. The number of methoxy groups -OCH3 is 1. The van der Waals surface area contributed by atoms with Gasteiger partial charge in [0.15, 0.2) is 5.16 Å². The lowest BCUT2D eigenvalue weighted by molar-refractivity contribution is -0.140. The van der Waals surface area contributed by atoms with Crippen molar-refractivity contribution in [2.45, 2.75) is 18.1 Å². The standard InChI is InChI=1S/C17H18ClN3O4S/c1-25-12(22)8-9-21(10-11-6-4-3-5-7-11)15-13(16(23)24)14(18)19-17(20-15)26-2/h3-7H,8-10H2,1-2H3,(H,23,24). The summed E-state index contributed by atoms with van der Waals surface area (Å²) in [5, 5.41) is 9.78. The Labute approximate surface area is 160 Å². The van der Waals surface area contributed by atoms with Gasteiger partial charge in [0.2, 0.25) is 0 Å². The normalized spacial score (nSPS) is 10.4. The van der Waals surface area contributed by atoms with Gasteiger partial charge in [0, 0.05) is 13.1 Å². The minimum atomic E-state index is -1.23. The number of esters is 1. The zero-order valence-corrected chi connectivity index (χ0v) is 15.9. The van der Waals surface area contributed by atoms with Crippen molar-refractivity contribution in [3.63, 3.8) is 0 Å². The summed E-state index contributed by atoms with van der Waals surface area (Å²) in [6.45, 7) is 0.586. The zero-order valence-electron chi connectivity index (χ0n) is 14.3. The molecule has 0 amide bonds. The molecule has 9 heteroatoms. The smallest absolute Gasteiger partial charge is 0.342 e. The van der Waals surface area contributed by atoms with Gasteiger partial charge in [-0.2, -0.15) is 0 Å². The molecule has 1 aromatic carbocycles. The number of carboxylic acids is 1. The van der Waals surface area contributed by atoms with Crippen LogP contribution in [0.4, 0.5) is 5.82 Å². The molecule has 0 atom stereocenters. The van der Waals surface area contributed by atoms with Gasteiger partial charge in [-0.1, -0.05) is 53.7 Å². The third kappa shape index (κ3) is 5.09. The highest BCUT2D eigenvalue weighted by Crippen LogP contribution is 2.28. The maximum atomic E-state index is 11.7. The largest absolute Gasteiger partial charge is 0.477 e. The topological polar surface area (TPSA) is 92.6 Å². The molecule has 1 aromatic heterocycles. The number of aromatic carboxylic acids is 1. The van der Waals surface area contributed by atoms with Gasteiger partial charge in [0.05, 0.1) is 13.5 Å². The van der Waals surface area contributed by atoms with Crippen molar-refractivity contribution in [1.82, 2.24) is 9.97 Å². The zero-order chi connectivity index (χ0) is 19.1. The van der Waals surface area contributed by atoms with E-state index in [1.54, 1.807) is 11.2 Å². The first-order valence-corrected chi connectivity index (χ1v) is 9.27. The third-order valence-corrected chi connectivity index (χ3v) is 4.37. The van der Waals surface area contributed by atoms with E-state index in [-0.39, 0.29) is 29.5 Å². The molecule has 0 radical (unpaired) electrons. The lowest BCUT2D eigenvalue weighted by atomic mass is 10.2. The van der Waals surface area contributed by atoms with Crippen LogP contribution in [0.15, 0.2) is 35.5 Å². The van der Waals surface area contributed by atoms with Crippen LogP contribution in [0.5, 0.6) is 0 Å². The molecule has 2 aromatic rings. The number of nitrogens with zero attached hydrogens (tertiary/aromatic N) is 3. The number of carbonyl (C=O) groups excluding carboxylic acids is 1. The van der Waals surface area contributed by atoms with Crippen LogP contribution in [-0.2, 0) is 16.1 Å². The Bertz CT molecular complexity index is 789. The van der Waals surface area contributed by atoms with Crippen molar-refractivity contribution >= 4 is 41.1 Å². The number of rotatable bonds is 8. The first-order valence-electron chi connectivity index (χ1n) is 7.66. The molecular formula is C17H18ClN3O4S. The summed E-state index contributed by atoms with van der Waals surface area (Å²) in [5.74, 6) is -1.45. The first-order chi connectivity index (χ1) is 12.5. The second-order valence-corrected chi connectivity index (χ2v) is 6.37. The van der Waals surface area contributed by atoms with E-state index in [0.29, 0.717) is 11.7 Å². The van der Waals surface area contributed by atoms with Crippen LogP contribution < -0.4 is 4.90 Å². The van der Waals surface area contributed by atoms with Crippen LogP contribution in [0.25, 0.3) is 0 Å². The summed E-state index contributed by atoms with van der Waals surface area (Å²) < 4.78 is 4.69. The molecule has 0 aliphatic carbocycles. The van der Waals surface area contributed by atoms with Crippen molar-refractivity contribution < 1.29 is 19.4 Å². The minimum Gasteiger partial charge on any atom is -0.477 e. The summed E-state index contributed by atoms with van der Waals surface area (Å²) in [4.78, 5) is 33.3. The molecule has 0 aliphatic rings. The van der Waals surface area contributed by atoms with Crippen molar-refractivity contribution in [1.29, 1.82) is 0 Å². The van der Waals surface area contributed by atoms with Gasteiger partial charge >= 0.3 is 11.9 Å². The Kier molecular flexibility index (Phi) is 7.23. The van der Waals surface area contributed by atoms with Crippen molar-refractivity contribution in [3.8, 4) is 0 Å². The van der Waals surface area contributed by atoms with Crippen LogP contribution in [0, 0.1) is 0 Å². The quantitative estimate of drug-likeness (QED) is 0.315. The number of hydrogen-bond acceptors (Lipinski definition) is 7. The predicted molar refractivity (Wildman–Crippen MR) is 99.9 cm³/mol. The van der Waals surface area contributed by atoms with E-state index >= 15 is 0 Å². The number of hydrogen-bond donors (Lipinski definition) is 1. The average molecular weight is 396 g/mol. The number of thioether (sulfide) groups is 1. The van der Waals surface area contributed by atoms with E-state index in [2.05, 4.69) is 14.7 Å². The van der Waals surface area contributed by atoms with Crippen LogP contribution >= 0.6 is 23.4 Å². The molecule has 7 nitrogen and oxygen atoms in total. The Morgan fingerprint density at radius 3 is 2.54 bits per heavy atom. The van der Waals surface area contributed by atoms with Gasteiger partial charge in [-0.25, -0.2) is 14.8 Å². The second-order valence-electron chi connectivity index (χ2n) is 5.24. The van der Waals surface area contributed by atoms with Crippen LogP contribution in [0.1, 0.15) is 22.3 Å². The summed E-state index contributed by atoms with van der Waals surface area (Å²) in [6, 6.07) is 9.46. The second kappa shape index (κ2) is 9.40. The Balaban J connectivity index is 2.47. The average Bonchev–Trinajstić information content (AvgIpc) is 2.64. The fraction of sp³-hybridized carbons (Fsp3) is 0.294. The molecule has 138 valence electrons. The molecule has 0 bridgehead atoms. The number of halogens is 1. The monoisotopic (exact) mass is 395 g/mol. The Morgan fingerprint density at radius 2 is 1.96 bits per heavy atom. The van der Waals surface area contributed by atoms with Gasteiger partial charge in [0.25, 0.3) is 0 Å². The molecule has 26 heavy (non-hydrogen) atoms. The predicted octanol–water partition coefficient (Wildman–Crippen LogP) is 3.12. The number of aromatic nitrogens is 2. The number of benzene rings is 1. The van der Waals surface area contributed by atoms with E-state index < -0.39 is 11.9 Å². The molecule has 0 spiro atoms. The number of ether oxygens (including phenoxy) is 1. The van der Waals surface area contributed by atoms with Gasteiger partial charge < -0.3 is 14.7 Å². The van der Waals surface area contributed by atoms with E-state index in [9.17, 15) is 14.7 Å². The maximum absolute atomic E-state index is 11.7. The van der Waals surface area contributed by atoms with Crippen molar-refractivity contribution in [3.05, 3.63) is 46.6 Å². The fourth-order valence-electron chi connectivity index (χ4n) is 2.30. The van der Waals surface area contributed by atoms with Gasteiger partial charge in [-0.15, -0.1) is 0 Å². The highest BCUT2D eigenvalue weighted by molar-refractivity contribution is 7.98. The van der Waals surface area contributed by atoms with Crippen LogP contribution in [0.2, 0.25) is 5.15 Å². The number of carboxylic acid groups (broad SMARTS) is 1. The Morgan fingerprint density at radius 1 is 1.27 bits per heavy atom. The minimum absolute atomic E-state index is 0.0820. The number of anilines is 1. The summed E-state index contributed by atoms with van der Waals surface area (Å²) >= 11 is 7.33. The first kappa shape index (κ1) is 20.0. The lowest BCUT2D eigenvalue weighted by Gasteiger charge is -2.25. The highest BCUT2D eigenvalue weighted by atomic mass is 35.5. The summed E-state index contributed by atoms with van der Waals surface area (Å²) in [7, 11) is 1.31. The molecule has 1 heterocycles. The van der Waals surface area contributed by atoms with Crippen molar-refractivity contribution in [2.75, 3.05) is 24.8 Å². The Hall–Kier alpha value is -2.32. The SMILES string of the molecule is COC(=O)CCN(Cc1ccccc1)c1nc(SC)nc(Cl)c1C(=O)O. The van der Waals surface area contributed by atoms with Gasteiger partial charge in [0.1, 0.15) is 16.5 Å². The molecule has 1 N–H and O–H groups in total.